The van der Waals surface area contributed by atoms with E-state index < -0.39 is 29.9 Å². The average molecular weight is 536 g/mol. The molecule has 1 N–H and O–H groups in total. The van der Waals surface area contributed by atoms with Gasteiger partial charge in [0.25, 0.3) is 11.5 Å². The fourth-order valence-electron chi connectivity index (χ4n) is 4.19. The molecule has 0 aliphatic carbocycles. The molecule has 5 rings (SSSR count). The lowest BCUT2D eigenvalue weighted by molar-refractivity contribution is -0.113. The van der Waals surface area contributed by atoms with Crippen molar-refractivity contribution in [3.05, 3.63) is 127 Å². The number of hydrogen-bond acceptors (Lipinski definition) is 5. The molecule has 0 spiro atoms. The summed E-state index contributed by atoms with van der Waals surface area (Å²) in [5.74, 6) is -0.883. The maximum absolute atomic E-state index is 13.8. The van der Waals surface area contributed by atoms with Gasteiger partial charge in [-0.25, -0.2) is 9.38 Å². The quantitative estimate of drug-likeness (QED) is 0.392. The van der Waals surface area contributed by atoms with Crippen LogP contribution in [0, 0.1) is 5.82 Å². The van der Waals surface area contributed by atoms with Crippen molar-refractivity contribution in [2.24, 2.45) is 4.99 Å². The summed E-state index contributed by atoms with van der Waals surface area (Å²) < 4.78 is 44.8. The monoisotopic (exact) mass is 535 g/mol. The number of hydrogen-bond donors (Lipinski definition) is 1. The number of rotatable bonds is 6. The maximum Gasteiger partial charge on any atom is 0.387 e. The standard InChI is InChI=1S/C28H20F3N3O3S/c1-16-23(25(35)33-20-5-3-2-4-6-20)24(18-9-11-19(29)12-10-18)34-26(36)22(38-28(34)32-16)15-17-7-13-21(14-8-17)37-27(30)31/h2-15,24,27H,1H3,(H,33,35)/b22-15+/t24-/m0/s1. The van der Waals surface area contributed by atoms with Crippen molar-refractivity contribution in [2.45, 2.75) is 19.6 Å². The normalized spacial score (nSPS) is 15.3. The van der Waals surface area contributed by atoms with Gasteiger partial charge in [0.15, 0.2) is 4.80 Å². The second-order valence-electron chi connectivity index (χ2n) is 8.40. The number of aromatic nitrogens is 1. The van der Waals surface area contributed by atoms with Gasteiger partial charge in [0.2, 0.25) is 0 Å². The van der Waals surface area contributed by atoms with Crippen LogP contribution in [0.5, 0.6) is 5.75 Å². The number of carbonyl (C=O) groups excluding carboxylic acids is 1. The van der Waals surface area contributed by atoms with Gasteiger partial charge in [0.05, 0.1) is 21.8 Å². The molecule has 4 aromatic rings. The highest BCUT2D eigenvalue weighted by Gasteiger charge is 2.32. The number of carbonyl (C=O) groups is 1. The Kier molecular flexibility index (Phi) is 6.97. The van der Waals surface area contributed by atoms with Gasteiger partial charge < -0.3 is 10.1 Å². The van der Waals surface area contributed by atoms with Gasteiger partial charge in [-0.1, -0.05) is 53.8 Å². The molecule has 2 heterocycles. The summed E-state index contributed by atoms with van der Waals surface area (Å²) in [4.78, 5) is 32.0. The number of benzene rings is 3. The van der Waals surface area contributed by atoms with Gasteiger partial charge >= 0.3 is 6.61 Å². The van der Waals surface area contributed by atoms with Crippen molar-refractivity contribution in [1.82, 2.24) is 4.57 Å². The largest absolute Gasteiger partial charge is 0.435 e. The second kappa shape index (κ2) is 10.5. The topological polar surface area (TPSA) is 72.7 Å². The van der Waals surface area contributed by atoms with Crippen LogP contribution in [0.2, 0.25) is 0 Å². The van der Waals surface area contributed by atoms with E-state index in [1.807, 2.05) is 6.07 Å². The van der Waals surface area contributed by atoms with Crippen LogP contribution < -0.4 is 24.9 Å². The molecule has 10 heteroatoms. The molecule has 1 aliphatic rings. The second-order valence-corrected chi connectivity index (χ2v) is 9.41. The summed E-state index contributed by atoms with van der Waals surface area (Å²) in [5.41, 5.74) is 2.00. The van der Waals surface area contributed by atoms with Crippen LogP contribution in [0.4, 0.5) is 18.9 Å². The Labute approximate surface area is 218 Å². The Morgan fingerprint density at radius 2 is 1.74 bits per heavy atom. The number of ether oxygens (including phenoxy) is 1. The van der Waals surface area contributed by atoms with Gasteiger partial charge in [-0.05, 0) is 60.5 Å². The molecule has 0 radical (unpaired) electrons. The molecule has 38 heavy (non-hydrogen) atoms. The Hall–Kier alpha value is -4.44. The number of allylic oxidation sites excluding steroid dienone is 1. The summed E-state index contributed by atoms with van der Waals surface area (Å²) in [5, 5.41) is 2.85. The number of anilines is 1. The number of alkyl halides is 2. The average Bonchev–Trinajstić information content (AvgIpc) is 3.19. The summed E-state index contributed by atoms with van der Waals surface area (Å²) in [6.45, 7) is -1.25. The van der Waals surface area contributed by atoms with Crippen LogP contribution >= 0.6 is 11.3 Å². The maximum atomic E-state index is 13.8. The number of amides is 1. The first kappa shape index (κ1) is 25.2. The molecule has 1 aliphatic heterocycles. The Bertz CT molecular complexity index is 1690. The highest BCUT2D eigenvalue weighted by molar-refractivity contribution is 7.07. The minimum absolute atomic E-state index is 0.000357. The molecule has 1 amide bonds. The summed E-state index contributed by atoms with van der Waals surface area (Å²) in [6.07, 6.45) is 1.61. The van der Waals surface area contributed by atoms with Crippen LogP contribution in [-0.2, 0) is 4.79 Å². The van der Waals surface area contributed by atoms with E-state index in [-0.39, 0.29) is 11.3 Å². The SMILES string of the molecule is CC1=C(C(=O)Nc2ccccc2)[C@H](c2ccc(F)cc2)n2c(s/c(=C/c3ccc(OC(F)F)cc3)c2=O)=N1. The van der Waals surface area contributed by atoms with Crippen molar-refractivity contribution in [3.63, 3.8) is 0 Å². The summed E-state index contributed by atoms with van der Waals surface area (Å²) >= 11 is 1.13. The molecule has 0 saturated heterocycles. The van der Waals surface area contributed by atoms with Gasteiger partial charge in [-0.15, -0.1) is 0 Å². The predicted octanol–water partition coefficient (Wildman–Crippen LogP) is 4.61. The fraction of sp³-hybridized carbons (Fsp3) is 0.107. The van der Waals surface area contributed by atoms with Crippen molar-refractivity contribution >= 4 is 29.0 Å². The molecule has 0 saturated carbocycles. The molecular weight excluding hydrogens is 515 g/mol. The molecule has 1 aromatic heterocycles. The lowest BCUT2D eigenvalue weighted by atomic mass is 9.95. The van der Waals surface area contributed by atoms with E-state index in [9.17, 15) is 22.8 Å². The Morgan fingerprint density at radius 1 is 1.05 bits per heavy atom. The first-order valence-electron chi connectivity index (χ1n) is 11.5. The highest BCUT2D eigenvalue weighted by Crippen LogP contribution is 2.31. The lowest BCUT2D eigenvalue weighted by Gasteiger charge is -2.25. The summed E-state index contributed by atoms with van der Waals surface area (Å²) in [6, 6.07) is 19.5. The molecule has 0 fully saturated rings. The first-order chi connectivity index (χ1) is 18.3. The van der Waals surface area contributed by atoms with Crippen LogP contribution in [-0.4, -0.2) is 17.1 Å². The molecule has 6 nitrogen and oxygen atoms in total. The number of halogens is 3. The van der Waals surface area contributed by atoms with E-state index in [2.05, 4.69) is 15.0 Å². The lowest BCUT2D eigenvalue weighted by Crippen LogP contribution is -2.40. The third-order valence-electron chi connectivity index (χ3n) is 5.89. The van der Waals surface area contributed by atoms with Crippen molar-refractivity contribution in [2.75, 3.05) is 5.32 Å². The van der Waals surface area contributed by atoms with Gasteiger partial charge in [-0.2, -0.15) is 8.78 Å². The van der Waals surface area contributed by atoms with Crippen LogP contribution in [0.25, 0.3) is 6.08 Å². The minimum atomic E-state index is -2.94. The van der Waals surface area contributed by atoms with Crippen LogP contribution in [0.15, 0.2) is 99.9 Å². The minimum Gasteiger partial charge on any atom is -0.435 e. The Morgan fingerprint density at radius 3 is 2.39 bits per heavy atom. The van der Waals surface area contributed by atoms with Gasteiger partial charge in [-0.3, -0.25) is 14.2 Å². The van der Waals surface area contributed by atoms with Gasteiger partial charge in [0, 0.05) is 5.69 Å². The van der Waals surface area contributed by atoms with Crippen LogP contribution in [0.3, 0.4) is 0 Å². The molecule has 0 bridgehead atoms. The van der Waals surface area contributed by atoms with E-state index in [0.717, 1.165) is 11.3 Å². The molecule has 0 unspecified atom stereocenters. The zero-order chi connectivity index (χ0) is 26.8. The van der Waals surface area contributed by atoms with Crippen molar-refractivity contribution in [1.29, 1.82) is 0 Å². The number of nitrogens with zero attached hydrogens (tertiary/aromatic N) is 2. The highest BCUT2D eigenvalue weighted by atomic mass is 32.1. The Balaban J connectivity index is 1.61. The third-order valence-corrected chi connectivity index (χ3v) is 6.87. The molecule has 1 atom stereocenters. The van der Waals surface area contributed by atoms with E-state index >= 15 is 0 Å². The molecule has 3 aromatic carbocycles. The third kappa shape index (κ3) is 5.16. The number of nitrogens with one attached hydrogen (secondary N) is 1. The number of para-hydroxylation sites is 1. The smallest absolute Gasteiger partial charge is 0.387 e. The van der Waals surface area contributed by atoms with E-state index in [1.54, 1.807) is 49.4 Å². The predicted molar refractivity (Wildman–Crippen MR) is 138 cm³/mol. The van der Waals surface area contributed by atoms with Crippen LogP contribution in [0.1, 0.15) is 24.1 Å². The zero-order valence-electron chi connectivity index (χ0n) is 19.9. The van der Waals surface area contributed by atoms with Gasteiger partial charge in [0.1, 0.15) is 11.6 Å². The fourth-order valence-corrected chi connectivity index (χ4v) is 5.24. The number of fused-ring (bicyclic) bond motifs is 1. The van der Waals surface area contributed by atoms with E-state index in [4.69, 9.17) is 0 Å². The first-order valence-corrected chi connectivity index (χ1v) is 12.3. The van der Waals surface area contributed by atoms with Crippen molar-refractivity contribution < 1.29 is 22.7 Å². The zero-order valence-corrected chi connectivity index (χ0v) is 20.7. The van der Waals surface area contributed by atoms with E-state index in [0.29, 0.717) is 31.8 Å². The molecular formula is C28H20F3N3O3S. The van der Waals surface area contributed by atoms with Crippen molar-refractivity contribution in [3.8, 4) is 5.75 Å². The molecule has 192 valence electrons. The number of thiazole rings is 1. The van der Waals surface area contributed by atoms with E-state index in [1.165, 1.54) is 41.0 Å². The summed E-state index contributed by atoms with van der Waals surface area (Å²) in [7, 11) is 0.